The van der Waals surface area contributed by atoms with Crippen LogP contribution in [0.1, 0.15) is 32.4 Å². The Hall–Kier alpha value is -0.610. The summed E-state index contributed by atoms with van der Waals surface area (Å²) in [6.07, 6.45) is 0. The summed E-state index contributed by atoms with van der Waals surface area (Å²) >= 11 is 1.53. The van der Waals surface area contributed by atoms with E-state index in [0.29, 0.717) is 12.5 Å². The topological polar surface area (TPSA) is 48.1 Å². The first-order valence-electron chi connectivity index (χ1n) is 4.49. The maximum Gasteiger partial charge on any atom is 0.273 e. The molecule has 0 radical (unpaired) electrons. The Balaban J connectivity index is 2.67. The van der Waals surface area contributed by atoms with E-state index in [0.717, 1.165) is 10.9 Å². The van der Waals surface area contributed by atoms with Crippen molar-refractivity contribution in [1.82, 2.24) is 4.98 Å². The van der Waals surface area contributed by atoms with Gasteiger partial charge < -0.3 is 10.5 Å². The molecular weight excluding hydrogens is 184 g/mol. The highest BCUT2D eigenvalue weighted by atomic mass is 32.1. The van der Waals surface area contributed by atoms with Gasteiger partial charge in [0.1, 0.15) is 0 Å². The van der Waals surface area contributed by atoms with Gasteiger partial charge in [-0.1, -0.05) is 18.3 Å². The molecule has 0 amide bonds. The molecule has 1 aromatic heterocycles. The molecule has 0 aliphatic heterocycles. The predicted octanol–water partition coefficient (Wildman–Crippen LogP) is 1.99. The summed E-state index contributed by atoms with van der Waals surface area (Å²) in [6.45, 7) is 6.69. The summed E-state index contributed by atoms with van der Waals surface area (Å²) in [6, 6.07) is 0.136. The molecule has 0 aromatic carbocycles. The van der Waals surface area contributed by atoms with Crippen LogP contribution in [0.5, 0.6) is 5.19 Å². The number of hydrogen-bond acceptors (Lipinski definition) is 4. The lowest BCUT2D eigenvalue weighted by Gasteiger charge is -2.11. The van der Waals surface area contributed by atoms with Crippen LogP contribution in [-0.4, -0.2) is 17.6 Å². The van der Waals surface area contributed by atoms with E-state index in [1.165, 1.54) is 11.3 Å². The minimum atomic E-state index is 0.136. The van der Waals surface area contributed by atoms with Gasteiger partial charge in [0.15, 0.2) is 0 Å². The molecule has 3 nitrogen and oxygen atoms in total. The molecule has 74 valence electrons. The number of nitrogens with zero attached hydrogens (tertiary/aromatic N) is 1. The van der Waals surface area contributed by atoms with Crippen LogP contribution >= 0.6 is 11.3 Å². The van der Waals surface area contributed by atoms with Crippen LogP contribution in [0.25, 0.3) is 0 Å². The average Bonchev–Trinajstić information content (AvgIpc) is 2.52. The summed E-state index contributed by atoms with van der Waals surface area (Å²) < 4.78 is 5.28. The van der Waals surface area contributed by atoms with Crippen LogP contribution < -0.4 is 10.5 Å². The molecule has 0 saturated heterocycles. The molecule has 0 aliphatic rings. The van der Waals surface area contributed by atoms with Crippen LogP contribution in [0, 0.1) is 0 Å². The van der Waals surface area contributed by atoms with E-state index in [1.807, 2.05) is 19.2 Å². The molecule has 1 rings (SSSR count). The third kappa shape index (κ3) is 2.67. The Morgan fingerprint density at radius 2 is 2.31 bits per heavy atom. The Morgan fingerprint density at radius 3 is 2.85 bits per heavy atom. The van der Waals surface area contributed by atoms with E-state index in [9.17, 15) is 0 Å². The maximum atomic E-state index is 5.77. The fraction of sp³-hybridized carbons (Fsp3) is 0.667. The fourth-order valence-electron chi connectivity index (χ4n) is 0.937. The lowest BCUT2D eigenvalue weighted by atomic mass is 10.0. The lowest BCUT2D eigenvalue weighted by molar-refractivity contribution is 0.337. The van der Waals surface area contributed by atoms with Gasteiger partial charge in [-0.3, -0.25) is 0 Å². The zero-order valence-corrected chi connectivity index (χ0v) is 9.10. The fourth-order valence-corrected chi connectivity index (χ4v) is 1.77. The van der Waals surface area contributed by atoms with Crippen molar-refractivity contribution in [2.75, 3.05) is 6.61 Å². The number of hydrogen-bond donors (Lipinski definition) is 1. The second-order valence-corrected chi connectivity index (χ2v) is 3.94. The van der Waals surface area contributed by atoms with Gasteiger partial charge in [0.25, 0.3) is 5.19 Å². The van der Waals surface area contributed by atoms with Crippen molar-refractivity contribution in [3.8, 4) is 5.19 Å². The highest BCUT2D eigenvalue weighted by Gasteiger charge is 2.14. The summed E-state index contributed by atoms with van der Waals surface area (Å²) in [4.78, 5) is 4.34. The molecule has 13 heavy (non-hydrogen) atoms. The summed E-state index contributed by atoms with van der Waals surface area (Å²) in [7, 11) is 0. The SMILES string of the molecule is CCOc1nc(C(C)C(C)N)cs1. The predicted molar refractivity (Wildman–Crippen MR) is 55.3 cm³/mol. The first-order valence-corrected chi connectivity index (χ1v) is 5.37. The number of aromatic nitrogens is 1. The van der Waals surface area contributed by atoms with Crippen LogP contribution in [0.3, 0.4) is 0 Å². The number of thiazole rings is 1. The minimum absolute atomic E-state index is 0.136. The van der Waals surface area contributed by atoms with Gasteiger partial charge in [-0.15, -0.1) is 0 Å². The van der Waals surface area contributed by atoms with Crippen LogP contribution in [0.4, 0.5) is 0 Å². The smallest absolute Gasteiger partial charge is 0.273 e. The maximum absolute atomic E-state index is 5.77. The highest BCUT2D eigenvalue weighted by Crippen LogP contribution is 2.24. The highest BCUT2D eigenvalue weighted by molar-refractivity contribution is 7.11. The van der Waals surface area contributed by atoms with Crippen molar-refractivity contribution >= 4 is 11.3 Å². The second kappa shape index (κ2) is 4.58. The third-order valence-electron chi connectivity index (χ3n) is 2.02. The van der Waals surface area contributed by atoms with E-state index in [-0.39, 0.29) is 6.04 Å². The van der Waals surface area contributed by atoms with Crippen molar-refractivity contribution in [2.24, 2.45) is 5.73 Å². The normalized spacial score (nSPS) is 15.4. The molecule has 0 aliphatic carbocycles. The van der Waals surface area contributed by atoms with Crippen molar-refractivity contribution in [3.05, 3.63) is 11.1 Å². The Morgan fingerprint density at radius 1 is 1.62 bits per heavy atom. The van der Waals surface area contributed by atoms with E-state index in [1.54, 1.807) is 0 Å². The van der Waals surface area contributed by atoms with Gasteiger partial charge in [0.05, 0.1) is 12.3 Å². The standard InChI is InChI=1S/C9H16N2OS/c1-4-12-9-11-8(5-13-9)6(2)7(3)10/h5-7H,4,10H2,1-3H3. The Labute approximate surface area is 82.9 Å². The quantitative estimate of drug-likeness (QED) is 0.808. The van der Waals surface area contributed by atoms with Crippen molar-refractivity contribution in [3.63, 3.8) is 0 Å². The average molecular weight is 200 g/mol. The van der Waals surface area contributed by atoms with Crippen molar-refractivity contribution in [1.29, 1.82) is 0 Å². The zero-order chi connectivity index (χ0) is 9.84. The van der Waals surface area contributed by atoms with Crippen LogP contribution in [0.2, 0.25) is 0 Å². The zero-order valence-electron chi connectivity index (χ0n) is 8.28. The molecule has 1 aromatic rings. The van der Waals surface area contributed by atoms with Crippen LogP contribution in [0.15, 0.2) is 5.38 Å². The Bertz CT molecular complexity index is 260. The molecule has 2 unspecified atom stereocenters. The first kappa shape index (κ1) is 10.5. The molecule has 0 bridgehead atoms. The van der Waals surface area contributed by atoms with Gasteiger partial charge in [-0.2, -0.15) is 0 Å². The number of ether oxygens (including phenoxy) is 1. The number of nitrogens with two attached hydrogens (primary N) is 1. The third-order valence-corrected chi connectivity index (χ3v) is 2.79. The van der Waals surface area contributed by atoms with Gasteiger partial charge in [-0.25, -0.2) is 4.98 Å². The molecule has 0 fully saturated rings. The molecule has 0 saturated carbocycles. The van der Waals surface area contributed by atoms with Crippen molar-refractivity contribution in [2.45, 2.75) is 32.7 Å². The van der Waals surface area contributed by atoms with E-state index in [4.69, 9.17) is 10.5 Å². The van der Waals surface area contributed by atoms with Crippen LogP contribution in [-0.2, 0) is 0 Å². The molecule has 1 heterocycles. The molecule has 2 atom stereocenters. The monoisotopic (exact) mass is 200 g/mol. The van der Waals surface area contributed by atoms with E-state index < -0.39 is 0 Å². The summed E-state index contributed by atoms with van der Waals surface area (Å²) in [5, 5.41) is 2.75. The van der Waals surface area contributed by atoms with Crippen molar-refractivity contribution < 1.29 is 4.74 Å². The van der Waals surface area contributed by atoms with E-state index >= 15 is 0 Å². The molecule has 2 N–H and O–H groups in total. The minimum Gasteiger partial charge on any atom is -0.470 e. The molecular formula is C9H16N2OS. The Kier molecular flexibility index (Phi) is 3.69. The molecule has 4 heteroatoms. The van der Waals surface area contributed by atoms with Gasteiger partial charge >= 0.3 is 0 Å². The number of rotatable bonds is 4. The van der Waals surface area contributed by atoms with E-state index in [2.05, 4.69) is 11.9 Å². The van der Waals surface area contributed by atoms with Gasteiger partial charge in [0, 0.05) is 17.3 Å². The first-order chi connectivity index (χ1) is 6.15. The molecule has 0 spiro atoms. The second-order valence-electron chi connectivity index (χ2n) is 3.12. The largest absolute Gasteiger partial charge is 0.470 e. The van der Waals surface area contributed by atoms with Gasteiger partial charge in [0.2, 0.25) is 0 Å². The van der Waals surface area contributed by atoms with Gasteiger partial charge in [-0.05, 0) is 13.8 Å². The summed E-state index contributed by atoms with van der Waals surface area (Å²) in [5.41, 5.74) is 6.81. The lowest BCUT2D eigenvalue weighted by Crippen LogP contribution is -2.22. The summed E-state index contributed by atoms with van der Waals surface area (Å²) in [5.74, 6) is 0.297.